The van der Waals surface area contributed by atoms with Crippen molar-refractivity contribution in [3.63, 3.8) is 0 Å². The number of pyridine rings is 2. The van der Waals surface area contributed by atoms with Crippen LogP contribution in [0.3, 0.4) is 0 Å². The lowest BCUT2D eigenvalue weighted by atomic mass is 10.1. The van der Waals surface area contributed by atoms with Crippen LogP contribution >= 0.6 is 0 Å². The van der Waals surface area contributed by atoms with Crippen LogP contribution in [0.1, 0.15) is 12.5 Å². The molecule has 0 aromatic carbocycles. The molecule has 0 bridgehead atoms. The van der Waals surface area contributed by atoms with Crippen LogP contribution < -0.4 is 10.6 Å². The van der Waals surface area contributed by atoms with Crippen molar-refractivity contribution in [2.45, 2.75) is 6.92 Å². The second kappa shape index (κ2) is 2.76. The van der Waals surface area contributed by atoms with E-state index in [2.05, 4.69) is 29.5 Å². The van der Waals surface area contributed by atoms with Crippen LogP contribution in [0.4, 0.5) is 0 Å². The second-order valence-electron chi connectivity index (χ2n) is 3.70. The van der Waals surface area contributed by atoms with E-state index in [1.807, 2.05) is 18.3 Å². The van der Waals surface area contributed by atoms with E-state index in [4.69, 9.17) is 0 Å². The molecule has 0 N–H and O–H groups in total. The van der Waals surface area contributed by atoms with E-state index in [1.165, 1.54) is 11.1 Å². The Morgan fingerprint density at radius 1 is 1.07 bits per heavy atom. The highest BCUT2D eigenvalue weighted by atomic mass is 14.7. The first kappa shape index (κ1) is 8.36. The van der Waals surface area contributed by atoms with Gasteiger partial charge in [0.2, 0.25) is 0 Å². The largest absolute Gasteiger partial charge is 0.257 e. The first-order valence-corrected chi connectivity index (χ1v) is 4.89. The van der Waals surface area contributed by atoms with Crippen LogP contribution in [0.2, 0.25) is 0 Å². The molecule has 2 heteroatoms. The van der Waals surface area contributed by atoms with Gasteiger partial charge in [0.25, 0.3) is 0 Å². The van der Waals surface area contributed by atoms with Gasteiger partial charge in [-0.3, -0.25) is 9.97 Å². The normalized spacial score (nSPS) is 12.5. The summed E-state index contributed by atoms with van der Waals surface area (Å²) < 4.78 is 0. The fraction of sp³-hybridized carbons (Fsp3) is 0.0769. The fourth-order valence-electron chi connectivity index (χ4n) is 2.18. The standard InChI is InChI=1S/C13H10N2/c1-8-10-4-3-6-15-13(10)11-5-7-14-9(2)12(8)11/h3-7H,2H2,1H3. The lowest BCUT2D eigenvalue weighted by Gasteiger charge is -1.98. The summed E-state index contributed by atoms with van der Waals surface area (Å²) in [5, 5.41) is 1.98. The summed E-state index contributed by atoms with van der Waals surface area (Å²) in [4.78, 5) is 8.64. The minimum Gasteiger partial charge on any atom is -0.257 e. The van der Waals surface area contributed by atoms with E-state index in [0.717, 1.165) is 21.8 Å². The lowest BCUT2D eigenvalue weighted by molar-refractivity contribution is 1.22. The Morgan fingerprint density at radius 2 is 1.93 bits per heavy atom. The third-order valence-electron chi connectivity index (χ3n) is 2.87. The minimum absolute atomic E-state index is 0.836. The van der Waals surface area contributed by atoms with Crippen molar-refractivity contribution >= 4 is 12.2 Å². The first-order valence-electron chi connectivity index (χ1n) is 4.89. The maximum absolute atomic E-state index is 4.42. The fourth-order valence-corrected chi connectivity index (χ4v) is 2.18. The molecule has 0 saturated heterocycles. The van der Waals surface area contributed by atoms with Crippen LogP contribution in [-0.4, -0.2) is 9.97 Å². The highest BCUT2D eigenvalue weighted by Crippen LogP contribution is 2.27. The first-order chi connectivity index (χ1) is 7.29. The molecule has 72 valence electrons. The van der Waals surface area contributed by atoms with Gasteiger partial charge in [0.05, 0.1) is 11.0 Å². The van der Waals surface area contributed by atoms with Crippen molar-refractivity contribution in [2.75, 3.05) is 0 Å². The Balaban J connectivity index is 2.58. The number of hydrogen-bond donors (Lipinski definition) is 0. The zero-order valence-electron chi connectivity index (χ0n) is 8.49. The molecule has 1 aliphatic carbocycles. The Bertz CT molecular complexity index is 656. The number of nitrogens with zero attached hydrogens (tertiary/aromatic N) is 2. The van der Waals surface area contributed by atoms with Crippen molar-refractivity contribution in [2.24, 2.45) is 0 Å². The summed E-state index contributed by atoms with van der Waals surface area (Å²) >= 11 is 0. The van der Waals surface area contributed by atoms with Gasteiger partial charge in [0.15, 0.2) is 0 Å². The van der Waals surface area contributed by atoms with Crippen molar-refractivity contribution in [1.82, 2.24) is 9.97 Å². The molecule has 1 aliphatic rings. The summed E-state index contributed by atoms with van der Waals surface area (Å²) in [5.41, 5.74) is 4.64. The monoisotopic (exact) mass is 194 g/mol. The van der Waals surface area contributed by atoms with Crippen molar-refractivity contribution in [3.05, 3.63) is 46.7 Å². The predicted octanol–water partition coefficient (Wildman–Crippen LogP) is 1.09. The summed E-state index contributed by atoms with van der Waals surface area (Å²) in [6, 6.07) is 6.06. The number of aromatic nitrogens is 2. The van der Waals surface area contributed by atoms with Gasteiger partial charge in [-0.1, -0.05) is 12.6 Å². The highest BCUT2D eigenvalue weighted by molar-refractivity contribution is 5.85. The molecular formula is C13H10N2. The quantitative estimate of drug-likeness (QED) is 0.627. The molecule has 2 aromatic heterocycles. The molecule has 0 fully saturated rings. The Morgan fingerprint density at radius 3 is 2.80 bits per heavy atom. The second-order valence-corrected chi connectivity index (χ2v) is 3.70. The van der Waals surface area contributed by atoms with E-state index >= 15 is 0 Å². The molecule has 0 atom stereocenters. The van der Waals surface area contributed by atoms with Crippen LogP contribution in [-0.2, 0) is 0 Å². The zero-order chi connectivity index (χ0) is 10.4. The van der Waals surface area contributed by atoms with Crippen molar-refractivity contribution in [1.29, 1.82) is 0 Å². The number of hydrogen-bond acceptors (Lipinski definition) is 2. The third kappa shape index (κ3) is 0.988. The summed E-state index contributed by atoms with van der Waals surface area (Å²) in [5.74, 6) is 0. The van der Waals surface area contributed by atoms with Gasteiger partial charge in [-0.05, 0) is 24.6 Å². The molecule has 0 unspecified atom stereocenters. The Hall–Kier alpha value is -1.96. The maximum atomic E-state index is 4.42. The molecule has 2 heterocycles. The molecule has 15 heavy (non-hydrogen) atoms. The van der Waals surface area contributed by atoms with Crippen LogP contribution in [0.25, 0.3) is 23.4 Å². The molecule has 3 rings (SSSR count). The molecule has 0 aliphatic heterocycles. The van der Waals surface area contributed by atoms with Gasteiger partial charge in [0.1, 0.15) is 0 Å². The third-order valence-corrected chi connectivity index (χ3v) is 2.87. The SMILES string of the molecule is C=c1nccc2c1=C(C)c1cccnc1-2. The van der Waals surface area contributed by atoms with Crippen molar-refractivity contribution < 1.29 is 0 Å². The smallest absolute Gasteiger partial charge is 0.0784 e. The molecular weight excluding hydrogens is 184 g/mol. The summed E-state index contributed by atoms with van der Waals surface area (Å²) in [7, 11) is 0. The number of rotatable bonds is 0. The van der Waals surface area contributed by atoms with Crippen LogP contribution in [0.15, 0.2) is 30.6 Å². The minimum atomic E-state index is 0.836. The highest BCUT2D eigenvalue weighted by Gasteiger charge is 2.17. The van der Waals surface area contributed by atoms with E-state index in [-0.39, 0.29) is 0 Å². The molecule has 2 aromatic rings. The summed E-state index contributed by atoms with van der Waals surface area (Å²) in [6.45, 7) is 6.07. The number of fused-ring (bicyclic) bond motifs is 3. The Kier molecular flexibility index (Phi) is 1.54. The van der Waals surface area contributed by atoms with Crippen LogP contribution in [0.5, 0.6) is 0 Å². The molecule has 0 spiro atoms. The van der Waals surface area contributed by atoms with Gasteiger partial charge >= 0.3 is 0 Å². The molecule has 0 amide bonds. The van der Waals surface area contributed by atoms with E-state index < -0.39 is 0 Å². The van der Waals surface area contributed by atoms with Gasteiger partial charge in [0, 0.05) is 28.7 Å². The predicted molar refractivity (Wildman–Crippen MR) is 60.4 cm³/mol. The van der Waals surface area contributed by atoms with E-state index in [1.54, 1.807) is 6.20 Å². The topological polar surface area (TPSA) is 25.8 Å². The molecule has 0 saturated carbocycles. The van der Waals surface area contributed by atoms with Gasteiger partial charge in [-0.2, -0.15) is 0 Å². The van der Waals surface area contributed by atoms with Crippen molar-refractivity contribution in [3.8, 4) is 11.3 Å². The molecule has 2 nitrogen and oxygen atoms in total. The summed E-state index contributed by atoms with van der Waals surface area (Å²) in [6.07, 6.45) is 3.61. The molecule has 0 radical (unpaired) electrons. The van der Waals surface area contributed by atoms with Gasteiger partial charge in [-0.15, -0.1) is 0 Å². The van der Waals surface area contributed by atoms with Gasteiger partial charge in [-0.25, -0.2) is 0 Å². The van der Waals surface area contributed by atoms with Gasteiger partial charge < -0.3 is 0 Å². The zero-order valence-corrected chi connectivity index (χ0v) is 8.49. The maximum Gasteiger partial charge on any atom is 0.0784 e. The Labute approximate surface area is 87.6 Å². The average molecular weight is 194 g/mol. The van der Waals surface area contributed by atoms with E-state index in [9.17, 15) is 0 Å². The average Bonchev–Trinajstić information content (AvgIpc) is 2.55. The lowest BCUT2D eigenvalue weighted by Crippen LogP contribution is -2.27. The van der Waals surface area contributed by atoms with Crippen LogP contribution in [0, 0.1) is 0 Å². The van der Waals surface area contributed by atoms with E-state index in [0.29, 0.717) is 0 Å².